The van der Waals surface area contributed by atoms with Crippen molar-refractivity contribution in [1.82, 2.24) is 9.97 Å². The molecular formula is C41H32Cl6F6N6O8S3. The van der Waals surface area contributed by atoms with E-state index < -0.39 is 102 Å². The summed E-state index contributed by atoms with van der Waals surface area (Å²) < 4.78 is 160. The number of nitrogen functional groups attached to an aromatic ring is 1. The molecule has 0 saturated carbocycles. The van der Waals surface area contributed by atoms with Crippen LogP contribution in [0.15, 0.2) is 107 Å². The summed E-state index contributed by atoms with van der Waals surface area (Å²) in [7, 11) is -13.0. The average molecular weight is 1160 g/mol. The Morgan fingerprint density at radius 3 is 1.29 bits per heavy atom. The van der Waals surface area contributed by atoms with Crippen LogP contribution in [-0.2, 0) is 42.4 Å². The standard InChI is InChI=1S/C20H13Cl3F3N3O5S2.C19H11Cl3F3N3O3S.2CH4/c1-35(31,32)28-11-2-4-15(22)13(7-11)19(30)18-17(6-10(21)9-27-18)29-36(33,34)12-3-5-16(23)14(8-12)20(24,25)26;20-9-5-16(17(27-8-9)18(29)12-6-10(26)1-3-14(12)21)28-32(30,31)11-2-4-15(22)13(7-11)19(23,24)25;;/h2-9,28-29H,1H3;1-8,28H,26H2;2*1H4. The molecule has 0 aliphatic rings. The van der Waals surface area contributed by atoms with Gasteiger partial charge in [-0.3, -0.25) is 23.8 Å². The van der Waals surface area contributed by atoms with Crippen LogP contribution >= 0.6 is 69.6 Å². The van der Waals surface area contributed by atoms with Crippen molar-refractivity contribution in [1.29, 1.82) is 0 Å². The van der Waals surface area contributed by atoms with Gasteiger partial charge in [-0.05, 0) is 84.9 Å². The van der Waals surface area contributed by atoms with E-state index >= 15 is 0 Å². The van der Waals surface area contributed by atoms with Crippen LogP contribution in [0.1, 0.15) is 58.1 Å². The Morgan fingerprint density at radius 1 is 0.529 bits per heavy atom. The lowest BCUT2D eigenvalue weighted by atomic mass is 10.1. The van der Waals surface area contributed by atoms with Gasteiger partial charge in [0.15, 0.2) is 0 Å². The molecule has 2 heterocycles. The number of hydrogen-bond acceptors (Lipinski definition) is 11. The summed E-state index contributed by atoms with van der Waals surface area (Å²) in [5.41, 5.74) is 1.12. The first kappa shape index (κ1) is 59.2. The number of anilines is 4. The summed E-state index contributed by atoms with van der Waals surface area (Å²) in [6.45, 7) is 0. The third-order valence-electron chi connectivity index (χ3n) is 8.48. The number of nitrogens with one attached hydrogen (secondary N) is 3. The van der Waals surface area contributed by atoms with Crippen molar-refractivity contribution in [2.75, 3.05) is 26.2 Å². The fourth-order valence-electron chi connectivity index (χ4n) is 5.53. The van der Waals surface area contributed by atoms with E-state index in [4.69, 9.17) is 75.3 Å². The normalized spacial score (nSPS) is 11.8. The van der Waals surface area contributed by atoms with Crippen molar-refractivity contribution in [2.45, 2.75) is 37.0 Å². The van der Waals surface area contributed by atoms with Crippen molar-refractivity contribution < 1.29 is 61.2 Å². The highest BCUT2D eigenvalue weighted by molar-refractivity contribution is 7.93. The number of hydrogen-bond donors (Lipinski definition) is 4. The highest BCUT2D eigenvalue weighted by Crippen LogP contribution is 2.38. The van der Waals surface area contributed by atoms with Gasteiger partial charge in [-0.1, -0.05) is 84.5 Å². The molecule has 0 amide bonds. The van der Waals surface area contributed by atoms with Crippen molar-refractivity contribution >= 4 is 134 Å². The van der Waals surface area contributed by atoms with E-state index in [-0.39, 0.29) is 63.1 Å². The van der Waals surface area contributed by atoms with Crippen molar-refractivity contribution in [3.8, 4) is 0 Å². The summed E-state index contributed by atoms with van der Waals surface area (Å²) >= 11 is 35.0. The predicted octanol–water partition coefficient (Wildman–Crippen LogP) is 12.4. The molecule has 0 unspecified atom stereocenters. The van der Waals surface area contributed by atoms with E-state index in [2.05, 4.69) is 14.7 Å². The largest absolute Gasteiger partial charge is 0.417 e. The molecule has 0 fully saturated rings. The fraction of sp³-hybridized carbons (Fsp3) is 0.122. The minimum absolute atomic E-state index is 0. The number of aromatic nitrogens is 2. The summed E-state index contributed by atoms with van der Waals surface area (Å²) in [4.78, 5) is 32.3. The first-order valence-corrected chi connectivity index (χ1v) is 24.9. The molecule has 6 aromatic rings. The first-order chi connectivity index (χ1) is 31.3. The van der Waals surface area contributed by atoms with Crippen LogP contribution in [0.2, 0.25) is 30.1 Å². The fourth-order valence-corrected chi connectivity index (χ4v) is 9.42. The third-order valence-corrected chi connectivity index (χ3v) is 13.5. The molecule has 70 heavy (non-hydrogen) atoms. The number of ketones is 2. The SMILES string of the molecule is C.C.CS(=O)(=O)Nc1ccc(Cl)c(C(=O)c2ncc(Cl)cc2NS(=O)(=O)c2ccc(Cl)c(C(F)(F)F)c2)c1.Nc1ccc(Cl)c(C(=O)c2ncc(Cl)cc2NS(=O)(=O)c2ccc(Cl)c(C(F)(F)F)c2)c1. The highest BCUT2D eigenvalue weighted by atomic mass is 35.5. The van der Waals surface area contributed by atoms with E-state index in [0.29, 0.717) is 12.1 Å². The monoisotopic (exact) mass is 1160 g/mol. The Kier molecular flexibility index (Phi) is 19.1. The lowest BCUT2D eigenvalue weighted by Crippen LogP contribution is -2.18. The molecule has 0 spiro atoms. The minimum Gasteiger partial charge on any atom is -0.399 e. The molecule has 6 rings (SSSR count). The molecule has 0 aliphatic carbocycles. The number of halogens is 12. The topological polar surface area (TPSA) is 224 Å². The zero-order chi connectivity index (χ0) is 50.9. The summed E-state index contributed by atoms with van der Waals surface area (Å²) in [6, 6.07) is 13.8. The van der Waals surface area contributed by atoms with Crippen LogP contribution in [0.5, 0.6) is 0 Å². The lowest BCUT2D eigenvalue weighted by molar-refractivity contribution is -0.138. The van der Waals surface area contributed by atoms with Crippen LogP contribution < -0.4 is 19.9 Å². The van der Waals surface area contributed by atoms with Crippen molar-refractivity contribution in [3.63, 3.8) is 0 Å². The van der Waals surface area contributed by atoms with Gasteiger partial charge < -0.3 is 5.73 Å². The molecule has 2 aromatic heterocycles. The Balaban J connectivity index is 0.000000362. The molecule has 0 aliphatic heterocycles. The number of carbonyl (C=O) groups is 2. The summed E-state index contributed by atoms with van der Waals surface area (Å²) in [5, 5.41) is -1.61. The molecule has 14 nitrogen and oxygen atoms in total. The quantitative estimate of drug-likeness (QED) is 0.0512. The number of pyridine rings is 2. The number of alkyl halides is 6. The van der Waals surface area contributed by atoms with Crippen molar-refractivity contribution in [2.24, 2.45) is 0 Å². The van der Waals surface area contributed by atoms with Crippen LogP contribution in [-0.4, -0.2) is 53.0 Å². The maximum Gasteiger partial charge on any atom is 0.417 e. The average Bonchev–Trinajstić information content (AvgIpc) is 3.21. The van der Waals surface area contributed by atoms with E-state index in [1.807, 2.05) is 9.44 Å². The number of carbonyl (C=O) groups excluding carboxylic acids is 2. The second-order valence-corrected chi connectivity index (χ2v) is 21.2. The maximum atomic E-state index is 13.2. The van der Waals surface area contributed by atoms with E-state index in [9.17, 15) is 61.2 Å². The van der Waals surface area contributed by atoms with Gasteiger partial charge in [-0.2, -0.15) is 26.3 Å². The zero-order valence-corrected chi connectivity index (χ0v) is 40.2. The number of nitrogens with zero attached hydrogens (tertiary/aromatic N) is 2. The van der Waals surface area contributed by atoms with E-state index in [1.165, 1.54) is 30.3 Å². The predicted molar refractivity (Wildman–Crippen MR) is 259 cm³/mol. The lowest BCUT2D eigenvalue weighted by Gasteiger charge is -2.15. The molecular weight excluding hydrogens is 1130 g/mol. The number of nitrogens with two attached hydrogens (primary N) is 1. The van der Waals surface area contributed by atoms with Crippen LogP contribution in [0.25, 0.3) is 0 Å². The highest BCUT2D eigenvalue weighted by Gasteiger charge is 2.36. The van der Waals surface area contributed by atoms with Gasteiger partial charge in [0, 0.05) is 34.9 Å². The van der Waals surface area contributed by atoms with Gasteiger partial charge in [-0.25, -0.2) is 35.2 Å². The summed E-state index contributed by atoms with van der Waals surface area (Å²) in [6.07, 6.45) is -6.80. The van der Waals surface area contributed by atoms with Gasteiger partial charge in [-0.15, -0.1) is 0 Å². The molecule has 0 saturated heterocycles. The second kappa shape index (κ2) is 22.5. The molecule has 4 aromatic carbocycles. The van der Waals surface area contributed by atoms with Gasteiger partial charge in [0.05, 0.1) is 68.7 Å². The molecule has 0 atom stereocenters. The molecule has 0 radical (unpaired) electrons. The van der Waals surface area contributed by atoms with Gasteiger partial charge in [0.1, 0.15) is 11.4 Å². The number of sulfonamides is 3. The zero-order valence-electron chi connectivity index (χ0n) is 33.2. The summed E-state index contributed by atoms with van der Waals surface area (Å²) in [5.74, 6) is -1.72. The van der Waals surface area contributed by atoms with Gasteiger partial charge in [0.25, 0.3) is 20.0 Å². The van der Waals surface area contributed by atoms with Gasteiger partial charge in [0.2, 0.25) is 21.6 Å². The Bertz CT molecular complexity index is 3350. The van der Waals surface area contributed by atoms with Crippen LogP contribution in [0.4, 0.5) is 49.1 Å². The Labute approximate surface area is 426 Å². The first-order valence-electron chi connectivity index (χ1n) is 17.8. The van der Waals surface area contributed by atoms with E-state index in [0.717, 1.165) is 61.1 Å². The smallest absolute Gasteiger partial charge is 0.399 e. The third kappa shape index (κ3) is 14.7. The molecule has 376 valence electrons. The minimum atomic E-state index is -4.93. The number of rotatable bonds is 12. The molecule has 29 heteroatoms. The molecule has 5 N–H and O–H groups in total. The van der Waals surface area contributed by atoms with Crippen LogP contribution in [0.3, 0.4) is 0 Å². The second-order valence-electron chi connectivity index (χ2n) is 13.6. The Morgan fingerprint density at radius 2 is 0.900 bits per heavy atom. The van der Waals surface area contributed by atoms with Crippen molar-refractivity contribution in [3.05, 3.63) is 161 Å². The van der Waals surface area contributed by atoms with Gasteiger partial charge >= 0.3 is 12.4 Å². The maximum absolute atomic E-state index is 13.2. The van der Waals surface area contributed by atoms with Crippen LogP contribution in [0, 0.1) is 0 Å². The molecule has 0 bridgehead atoms. The van der Waals surface area contributed by atoms with E-state index in [1.54, 1.807) is 0 Å². The Hall–Kier alpha value is -5.11. The number of benzene rings is 4.